The molecule has 14 heteroatoms. The molecule has 2 aromatic rings. The molecular formula is C34H39F7N2O4S. The van der Waals surface area contributed by atoms with Crippen LogP contribution in [0.5, 0.6) is 0 Å². The van der Waals surface area contributed by atoms with Crippen molar-refractivity contribution in [3.8, 4) is 0 Å². The van der Waals surface area contributed by atoms with Gasteiger partial charge in [0.15, 0.2) is 11.1 Å². The normalized spacial score (nSPS) is 26.8. The van der Waals surface area contributed by atoms with Crippen LogP contribution in [0.3, 0.4) is 0 Å². The molecule has 2 N–H and O–H groups in total. The molecule has 264 valence electrons. The van der Waals surface area contributed by atoms with Crippen LogP contribution in [0.15, 0.2) is 59.0 Å². The smallest absolute Gasteiger partial charge is 0.380 e. The van der Waals surface area contributed by atoms with Crippen molar-refractivity contribution < 1.29 is 49.1 Å². The molecule has 1 heterocycles. The molecule has 0 aromatic heterocycles. The highest BCUT2D eigenvalue weighted by Crippen LogP contribution is 2.67. The van der Waals surface area contributed by atoms with Crippen molar-refractivity contribution in [3.05, 3.63) is 71.1 Å². The van der Waals surface area contributed by atoms with E-state index < -0.39 is 93.3 Å². The van der Waals surface area contributed by atoms with Gasteiger partial charge in [0.2, 0.25) is 0 Å². The van der Waals surface area contributed by atoms with Crippen LogP contribution in [-0.4, -0.2) is 49.5 Å². The summed E-state index contributed by atoms with van der Waals surface area (Å²) in [5, 5.41) is 13.4. The van der Waals surface area contributed by atoms with Gasteiger partial charge >= 0.3 is 12.4 Å². The maximum absolute atomic E-state index is 16.1. The summed E-state index contributed by atoms with van der Waals surface area (Å²) >= 11 is 0. The zero-order chi connectivity index (χ0) is 35.3. The number of hydrogen-bond donors (Lipinski definition) is 2. The summed E-state index contributed by atoms with van der Waals surface area (Å²) in [6, 6.07) is 6.68. The Morgan fingerprint density at radius 3 is 2.08 bits per heavy atom. The van der Waals surface area contributed by atoms with Crippen LogP contribution in [0, 0.1) is 11.7 Å². The van der Waals surface area contributed by atoms with Gasteiger partial charge in [-0.2, -0.15) is 26.3 Å². The third-order valence-electron chi connectivity index (χ3n) is 10.5. The molecule has 1 atom stereocenters. The largest absolute Gasteiger partial charge is 0.417 e. The van der Waals surface area contributed by atoms with Crippen molar-refractivity contribution in [1.82, 2.24) is 5.32 Å². The molecule has 2 saturated carbocycles. The third-order valence-corrected chi connectivity index (χ3v) is 12.3. The number of hydrogen-bond acceptors (Lipinski definition) is 4. The Hall–Kier alpha value is -3.13. The summed E-state index contributed by atoms with van der Waals surface area (Å²) in [5.41, 5.74) is -9.39. The second kappa shape index (κ2) is 12.6. The van der Waals surface area contributed by atoms with Crippen LogP contribution in [0.1, 0.15) is 94.0 Å². The quantitative estimate of drug-likeness (QED) is 0.225. The van der Waals surface area contributed by atoms with Gasteiger partial charge in [0.25, 0.3) is 15.9 Å². The number of sulfonamides is 1. The maximum atomic E-state index is 16.1. The Balaban J connectivity index is 1.74. The molecule has 0 saturated heterocycles. The number of amides is 1. The van der Waals surface area contributed by atoms with Crippen molar-refractivity contribution in [2.24, 2.45) is 5.92 Å². The predicted molar refractivity (Wildman–Crippen MR) is 165 cm³/mol. The van der Waals surface area contributed by atoms with E-state index in [2.05, 4.69) is 5.32 Å². The van der Waals surface area contributed by atoms with E-state index in [1.807, 2.05) is 0 Å². The lowest BCUT2D eigenvalue weighted by Crippen LogP contribution is -2.69. The Kier molecular flexibility index (Phi) is 9.52. The number of fused-ring (bicyclic) bond motifs is 2. The lowest BCUT2D eigenvalue weighted by Gasteiger charge is -2.54. The van der Waals surface area contributed by atoms with E-state index >= 15 is 13.2 Å². The monoisotopic (exact) mass is 704 g/mol. The van der Waals surface area contributed by atoms with Crippen LogP contribution < -0.4 is 9.62 Å². The van der Waals surface area contributed by atoms with Gasteiger partial charge in [-0.25, -0.2) is 17.1 Å². The molecule has 2 aromatic carbocycles. The number of carbonyl (C=O) groups is 1. The fourth-order valence-electron chi connectivity index (χ4n) is 7.83. The lowest BCUT2D eigenvalue weighted by atomic mass is 9.56. The highest BCUT2D eigenvalue weighted by atomic mass is 32.2. The molecule has 3 aliphatic rings. The summed E-state index contributed by atoms with van der Waals surface area (Å²) in [6.45, 7) is 3.35. The van der Waals surface area contributed by atoms with Crippen LogP contribution in [0.2, 0.25) is 0 Å². The first-order valence-electron chi connectivity index (χ1n) is 16.0. The number of anilines is 1. The Morgan fingerprint density at radius 2 is 1.54 bits per heavy atom. The number of rotatable bonds is 7. The minimum absolute atomic E-state index is 0.0695. The molecule has 1 spiro atoms. The number of carbonyl (C=O) groups excluding carboxylic acids is 1. The van der Waals surface area contributed by atoms with Gasteiger partial charge in [-0.1, -0.05) is 30.9 Å². The Labute approximate surface area is 275 Å². The average Bonchev–Trinajstić information content (AvgIpc) is 3.27. The van der Waals surface area contributed by atoms with Crippen molar-refractivity contribution >= 4 is 21.6 Å². The first-order chi connectivity index (χ1) is 22.3. The standard InChI is InChI=1S/C34H39F7N2O4S/c1-22(2)14-15-32(34(39,40)41)30(16-18-31(45,19-17-30)33(36,37)38)27-20-24(29(44)42-21-23-6-4-3-5-7-23)8-13-28(27)43(32)48(46,47)26-11-9-25(35)10-12-26/h8-14,20,23,45H,3-7,15-19,21H2,1-2H3,(H,42,44). The minimum atomic E-state index is -5.39. The zero-order valence-corrected chi connectivity index (χ0v) is 27.5. The first-order valence-corrected chi connectivity index (χ1v) is 17.5. The molecule has 1 aliphatic heterocycles. The number of allylic oxidation sites excluding steroid dienone is 1. The molecule has 2 fully saturated rings. The maximum Gasteiger partial charge on any atom is 0.417 e. The van der Waals surface area contributed by atoms with Gasteiger partial charge in [0.05, 0.1) is 10.6 Å². The molecule has 0 radical (unpaired) electrons. The van der Waals surface area contributed by atoms with Gasteiger partial charge in [-0.15, -0.1) is 0 Å². The van der Waals surface area contributed by atoms with Crippen LogP contribution >= 0.6 is 0 Å². The second-order valence-electron chi connectivity index (χ2n) is 13.6. The van der Waals surface area contributed by atoms with Crippen molar-refractivity contribution in [1.29, 1.82) is 0 Å². The van der Waals surface area contributed by atoms with E-state index in [1.165, 1.54) is 26.0 Å². The number of alkyl halides is 6. The van der Waals surface area contributed by atoms with Gasteiger partial charge in [0.1, 0.15) is 5.82 Å². The van der Waals surface area contributed by atoms with E-state index in [9.17, 15) is 35.9 Å². The number of nitrogens with one attached hydrogen (secondary N) is 1. The number of benzene rings is 2. The predicted octanol–water partition coefficient (Wildman–Crippen LogP) is 8.11. The second-order valence-corrected chi connectivity index (χ2v) is 15.4. The molecule has 0 bridgehead atoms. The molecule has 5 rings (SSSR count). The van der Waals surface area contributed by atoms with Crippen molar-refractivity contribution in [2.75, 3.05) is 10.8 Å². The lowest BCUT2D eigenvalue weighted by molar-refractivity contribution is -0.279. The molecule has 1 unspecified atom stereocenters. The first kappa shape index (κ1) is 36.2. The Bertz CT molecular complexity index is 1650. The topological polar surface area (TPSA) is 86.7 Å². The van der Waals surface area contributed by atoms with Crippen LogP contribution in [-0.2, 0) is 15.4 Å². The Morgan fingerprint density at radius 1 is 0.938 bits per heavy atom. The summed E-state index contributed by atoms with van der Waals surface area (Å²) in [7, 11) is -5.17. The summed E-state index contributed by atoms with van der Waals surface area (Å²) < 4.78 is 133. The van der Waals surface area contributed by atoms with Gasteiger partial charge in [-0.05, 0) is 113 Å². The molecular weight excluding hydrogens is 665 g/mol. The molecule has 6 nitrogen and oxygen atoms in total. The summed E-state index contributed by atoms with van der Waals surface area (Å²) in [5.74, 6) is -1.22. The van der Waals surface area contributed by atoms with E-state index in [0.717, 1.165) is 68.5 Å². The van der Waals surface area contributed by atoms with Crippen LogP contribution in [0.4, 0.5) is 36.4 Å². The van der Waals surface area contributed by atoms with E-state index in [4.69, 9.17) is 0 Å². The number of halogens is 7. The highest BCUT2D eigenvalue weighted by Gasteiger charge is 2.77. The summed E-state index contributed by atoms with van der Waals surface area (Å²) in [6.07, 6.45) is -9.45. The number of aliphatic hydroxyl groups is 1. The third kappa shape index (κ3) is 6.01. The molecule has 1 amide bonds. The fourth-order valence-corrected chi connectivity index (χ4v) is 9.70. The van der Waals surface area contributed by atoms with Gasteiger partial charge in [-0.3, -0.25) is 4.79 Å². The number of nitrogens with zero attached hydrogens (tertiary/aromatic N) is 1. The fraction of sp³-hybridized carbons (Fsp3) is 0.559. The van der Waals surface area contributed by atoms with E-state index in [-0.39, 0.29) is 21.4 Å². The van der Waals surface area contributed by atoms with Crippen molar-refractivity contribution in [2.45, 2.75) is 112 Å². The van der Waals surface area contributed by atoms with Gasteiger partial charge in [0, 0.05) is 17.5 Å². The van der Waals surface area contributed by atoms with Crippen LogP contribution in [0.25, 0.3) is 0 Å². The average molecular weight is 705 g/mol. The van der Waals surface area contributed by atoms with E-state index in [1.54, 1.807) is 0 Å². The molecule has 48 heavy (non-hydrogen) atoms. The van der Waals surface area contributed by atoms with E-state index in [0.29, 0.717) is 12.1 Å². The minimum Gasteiger partial charge on any atom is -0.380 e. The summed E-state index contributed by atoms with van der Waals surface area (Å²) in [4.78, 5) is 12.7. The SMILES string of the molecule is CC(C)=CCC1(C(F)(F)F)N(S(=O)(=O)c2ccc(F)cc2)c2ccc(C(=O)NCC3CCCCC3)cc2C12CCC(O)(C(F)(F)F)CC2. The van der Waals surface area contributed by atoms with Crippen molar-refractivity contribution in [3.63, 3.8) is 0 Å². The van der Waals surface area contributed by atoms with Gasteiger partial charge < -0.3 is 10.4 Å². The highest BCUT2D eigenvalue weighted by molar-refractivity contribution is 7.93. The zero-order valence-electron chi connectivity index (χ0n) is 26.6. The molecule has 2 aliphatic carbocycles.